The summed E-state index contributed by atoms with van der Waals surface area (Å²) in [6.07, 6.45) is 3.02. The van der Waals surface area contributed by atoms with Crippen molar-refractivity contribution in [3.63, 3.8) is 0 Å². The maximum atomic E-state index is 13.2. The van der Waals surface area contributed by atoms with Gasteiger partial charge in [0.2, 0.25) is 5.91 Å². The molecular weight excluding hydrogens is 360 g/mol. The monoisotopic (exact) mass is 382 g/mol. The first-order valence-electron chi connectivity index (χ1n) is 10.0. The Labute approximate surface area is 168 Å². The summed E-state index contributed by atoms with van der Waals surface area (Å²) >= 11 is 0. The molecule has 5 rings (SSSR count). The number of para-hydroxylation sites is 2. The molecule has 3 aromatic carbocycles. The van der Waals surface area contributed by atoms with Crippen LogP contribution < -0.4 is 10.7 Å². The second-order valence-corrected chi connectivity index (χ2v) is 7.80. The van der Waals surface area contributed by atoms with Gasteiger partial charge < -0.3 is 9.88 Å². The summed E-state index contributed by atoms with van der Waals surface area (Å²) in [5.74, 6) is -0.0347. The summed E-state index contributed by atoms with van der Waals surface area (Å²) in [6, 6.07) is 25.2. The predicted octanol–water partition coefficient (Wildman–Crippen LogP) is 4.35. The highest BCUT2D eigenvalue weighted by Crippen LogP contribution is 2.41. The average Bonchev–Trinajstić information content (AvgIpc) is 2.74. The van der Waals surface area contributed by atoms with Crippen LogP contribution in [0.3, 0.4) is 0 Å². The molecule has 1 saturated carbocycles. The zero-order valence-corrected chi connectivity index (χ0v) is 16.1. The van der Waals surface area contributed by atoms with E-state index in [2.05, 4.69) is 17.4 Å². The van der Waals surface area contributed by atoms with Gasteiger partial charge in [-0.1, -0.05) is 54.6 Å². The maximum absolute atomic E-state index is 13.2. The fourth-order valence-corrected chi connectivity index (χ4v) is 4.47. The minimum absolute atomic E-state index is 0.00704. The molecule has 144 valence electrons. The van der Waals surface area contributed by atoms with Gasteiger partial charge in [-0.05, 0) is 49.1 Å². The van der Waals surface area contributed by atoms with Crippen LogP contribution in [0.2, 0.25) is 0 Å². The molecule has 0 bridgehead atoms. The lowest BCUT2D eigenvalue weighted by Gasteiger charge is -2.43. The van der Waals surface area contributed by atoms with E-state index in [1.807, 2.05) is 71.3 Å². The van der Waals surface area contributed by atoms with Crippen LogP contribution in [0.1, 0.15) is 24.8 Å². The number of hydrogen-bond donors (Lipinski definition) is 1. The van der Waals surface area contributed by atoms with Crippen LogP contribution in [0.5, 0.6) is 0 Å². The molecule has 1 amide bonds. The number of pyridine rings is 1. The van der Waals surface area contributed by atoms with Gasteiger partial charge in [0.1, 0.15) is 6.54 Å². The van der Waals surface area contributed by atoms with Crippen molar-refractivity contribution in [3.05, 3.63) is 94.6 Å². The van der Waals surface area contributed by atoms with Crippen molar-refractivity contribution in [2.75, 3.05) is 0 Å². The van der Waals surface area contributed by atoms with Gasteiger partial charge in [0.25, 0.3) is 0 Å². The number of amides is 1. The molecule has 1 heterocycles. The van der Waals surface area contributed by atoms with E-state index in [0.29, 0.717) is 10.8 Å². The first kappa shape index (κ1) is 17.7. The van der Waals surface area contributed by atoms with Gasteiger partial charge in [0, 0.05) is 10.8 Å². The number of aromatic nitrogens is 1. The van der Waals surface area contributed by atoms with E-state index in [9.17, 15) is 9.59 Å². The maximum Gasteiger partial charge on any atom is 0.240 e. The molecule has 1 aliphatic rings. The summed E-state index contributed by atoms with van der Waals surface area (Å²) in [7, 11) is 0. The quantitative estimate of drug-likeness (QED) is 0.534. The van der Waals surface area contributed by atoms with Crippen molar-refractivity contribution in [1.29, 1.82) is 0 Å². The molecule has 0 spiro atoms. The number of nitrogens with zero attached hydrogens (tertiary/aromatic N) is 1. The number of benzene rings is 3. The summed E-state index contributed by atoms with van der Waals surface area (Å²) in [5.41, 5.74) is 2.47. The van der Waals surface area contributed by atoms with E-state index in [4.69, 9.17) is 0 Å². The standard InChI is InChI=1S/C25H22N2O2/c28-23(26-25(15-8-16-25)18-9-2-1-3-10-18)17-27-21-13-6-4-11-19(21)24(29)20-12-5-7-14-22(20)27/h1-7,9-14H,8,15-17H2,(H,26,28). The third kappa shape index (κ3) is 2.92. The second kappa shape index (κ2) is 6.89. The Hall–Kier alpha value is -3.40. The molecular formula is C25H22N2O2. The topological polar surface area (TPSA) is 51.1 Å². The number of fused-ring (bicyclic) bond motifs is 2. The molecule has 4 nitrogen and oxygen atoms in total. The van der Waals surface area contributed by atoms with Gasteiger partial charge in [-0.15, -0.1) is 0 Å². The summed E-state index contributed by atoms with van der Waals surface area (Å²) in [4.78, 5) is 26.0. The Morgan fingerprint density at radius 2 is 1.38 bits per heavy atom. The highest BCUT2D eigenvalue weighted by atomic mass is 16.2. The highest BCUT2D eigenvalue weighted by Gasteiger charge is 2.39. The van der Waals surface area contributed by atoms with Crippen LogP contribution in [0.25, 0.3) is 21.8 Å². The Kier molecular flexibility index (Phi) is 4.20. The molecule has 1 aromatic heterocycles. The van der Waals surface area contributed by atoms with Crippen molar-refractivity contribution in [1.82, 2.24) is 9.88 Å². The third-order valence-corrected chi connectivity index (χ3v) is 6.09. The predicted molar refractivity (Wildman–Crippen MR) is 116 cm³/mol. The molecule has 4 heteroatoms. The molecule has 0 saturated heterocycles. The minimum Gasteiger partial charge on any atom is -0.345 e. The Bertz CT molecular complexity index is 1210. The lowest BCUT2D eigenvalue weighted by Crippen LogP contribution is -2.51. The van der Waals surface area contributed by atoms with Crippen LogP contribution in [0.15, 0.2) is 83.7 Å². The van der Waals surface area contributed by atoms with E-state index < -0.39 is 0 Å². The van der Waals surface area contributed by atoms with Gasteiger partial charge in [-0.3, -0.25) is 9.59 Å². The number of nitrogens with one attached hydrogen (secondary N) is 1. The van der Waals surface area contributed by atoms with Crippen LogP contribution >= 0.6 is 0 Å². The molecule has 0 aliphatic heterocycles. The van der Waals surface area contributed by atoms with Crippen LogP contribution in [-0.2, 0) is 16.9 Å². The van der Waals surface area contributed by atoms with Crippen molar-refractivity contribution in [2.45, 2.75) is 31.3 Å². The Morgan fingerprint density at radius 3 is 1.93 bits per heavy atom. The minimum atomic E-state index is -0.275. The zero-order valence-electron chi connectivity index (χ0n) is 16.1. The van der Waals surface area contributed by atoms with Gasteiger partial charge >= 0.3 is 0 Å². The SMILES string of the molecule is O=C(Cn1c2ccccc2c(=O)c2ccccc21)NC1(c2ccccc2)CCC1. The molecule has 1 aliphatic carbocycles. The van der Waals surface area contributed by atoms with Crippen molar-refractivity contribution in [2.24, 2.45) is 0 Å². The summed E-state index contributed by atoms with van der Waals surface area (Å²) in [5, 5.41) is 4.58. The largest absolute Gasteiger partial charge is 0.345 e. The molecule has 0 radical (unpaired) electrons. The number of carbonyl (C=O) groups is 1. The van der Waals surface area contributed by atoms with Crippen LogP contribution in [0.4, 0.5) is 0 Å². The zero-order chi connectivity index (χ0) is 19.8. The van der Waals surface area contributed by atoms with Gasteiger partial charge in [-0.2, -0.15) is 0 Å². The third-order valence-electron chi connectivity index (χ3n) is 6.09. The van der Waals surface area contributed by atoms with Crippen molar-refractivity contribution in [3.8, 4) is 0 Å². The van der Waals surface area contributed by atoms with Gasteiger partial charge in [0.05, 0.1) is 16.6 Å². The van der Waals surface area contributed by atoms with Gasteiger partial charge in [-0.25, -0.2) is 0 Å². The molecule has 1 fully saturated rings. The lowest BCUT2D eigenvalue weighted by atomic mass is 9.72. The van der Waals surface area contributed by atoms with Gasteiger partial charge in [0.15, 0.2) is 5.43 Å². The fraction of sp³-hybridized carbons (Fsp3) is 0.200. The van der Waals surface area contributed by atoms with E-state index in [1.54, 1.807) is 0 Å². The van der Waals surface area contributed by atoms with Crippen LogP contribution in [-0.4, -0.2) is 10.5 Å². The van der Waals surface area contributed by atoms with E-state index in [0.717, 1.165) is 35.9 Å². The van der Waals surface area contributed by atoms with E-state index in [1.165, 1.54) is 0 Å². The molecule has 0 atom stereocenters. The second-order valence-electron chi connectivity index (χ2n) is 7.80. The smallest absolute Gasteiger partial charge is 0.240 e. The van der Waals surface area contributed by atoms with Crippen molar-refractivity contribution < 1.29 is 4.79 Å². The van der Waals surface area contributed by atoms with E-state index in [-0.39, 0.29) is 23.4 Å². The number of carbonyl (C=O) groups excluding carboxylic acids is 1. The average molecular weight is 382 g/mol. The molecule has 1 N–H and O–H groups in total. The van der Waals surface area contributed by atoms with Crippen molar-refractivity contribution >= 4 is 27.7 Å². The Morgan fingerprint density at radius 1 is 0.828 bits per heavy atom. The van der Waals surface area contributed by atoms with Crippen LogP contribution in [0, 0.1) is 0 Å². The lowest BCUT2D eigenvalue weighted by molar-refractivity contribution is -0.124. The normalized spacial score (nSPS) is 15.2. The number of rotatable bonds is 4. The summed E-state index contributed by atoms with van der Waals surface area (Å²) in [6.45, 7) is 0.176. The first-order chi connectivity index (χ1) is 14.2. The number of hydrogen-bond acceptors (Lipinski definition) is 2. The molecule has 4 aromatic rings. The molecule has 29 heavy (non-hydrogen) atoms. The van der Waals surface area contributed by atoms with E-state index >= 15 is 0 Å². The fourth-order valence-electron chi connectivity index (χ4n) is 4.47. The highest BCUT2D eigenvalue weighted by molar-refractivity contribution is 5.95. The Balaban J connectivity index is 1.55. The summed E-state index contributed by atoms with van der Waals surface area (Å²) < 4.78 is 1.96. The first-order valence-corrected chi connectivity index (χ1v) is 10.0. The molecule has 0 unspecified atom stereocenters.